The molecule has 0 atom stereocenters. The Morgan fingerprint density at radius 1 is 1.18 bits per heavy atom. The monoisotopic (exact) mass is 250 g/mol. The van der Waals surface area contributed by atoms with Gasteiger partial charge in [0, 0.05) is 5.02 Å². The highest BCUT2D eigenvalue weighted by Gasteiger charge is 2.49. The Hall–Kier alpha value is -0.465. The van der Waals surface area contributed by atoms with Crippen LogP contribution in [0.5, 0.6) is 0 Å². The van der Waals surface area contributed by atoms with Gasteiger partial charge in [0.2, 0.25) is 0 Å². The first-order valence-electron chi connectivity index (χ1n) is 6.16. The molecule has 0 radical (unpaired) electrons. The summed E-state index contributed by atoms with van der Waals surface area (Å²) in [7, 11) is 0. The van der Waals surface area contributed by atoms with Crippen LogP contribution in [-0.2, 0) is 4.65 Å². The molecule has 1 heterocycles. The molecule has 17 heavy (non-hydrogen) atoms. The maximum Gasteiger partial charge on any atom is 0.328 e. The number of halogens is 1. The molecule has 0 N–H and O–H groups in total. The number of rotatable bonds is 1. The zero-order chi connectivity index (χ0) is 12.8. The first-order valence-corrected chi connectivity index (χ1v) is 6.54. The van der Waals surface area contributed by atoms with E-state index in [9.17, 15) is 0 Å². The Bertz CT molecular complexity index is 404. The molecule has 1 saturated heterocycles. The molecule has 0 saturated carbocycles. The van der Waals surface area contributed by atoms with E-state index >= 15 is 0 Å². The van der Waals surface area contributed by atoms with Crippen molar-refractivity contribution >= 4 is 24.0 Å². The molecule has 1 aromatic carbocycles. The van der Waals surface area contributed by atoms with E-state index in [0.29, 0.717) is 0 Å². The maximum atomic E-state index is 6.20. The van der Waals surface area contributed by atoms with Crippen molar-refractivity contribution in [1.29, 1.82) is 0 Å². The van der Waals surface area contributed by atoms with Crippen LogP contribution in [0.1, 0.15) is 33.3 Å². The fourth-order valence-corrected chi connectivity index (χ4v) is 2.70. The quantitative estimate of drug-likeness (QED) is 0.691. The van der Waals surface area contributed by atoms with Gasteiger partial charge in [0.15, 0.2) is 0 Å². The number of hydrogen-bond donors (Lipinski definition) is 0. The fraction of sp³-hybridized carbons (Fsp3) is 0.571. The van der Waals surface area contributed by atoms with E-state index < -0.39 is 0 Å². The largest absolute Gasteiger partial charge is 0.426 e. The third-order valence-corrected chi connectivity index (χ3v) is 4.42. The number of hydrogen-bond acceptors (Lipinski definition) is 1. The SMILES string of the molecule is Cc1cc(Cl)cc(B2CC(C)(C)C(C)(C)O2)c1. The van der Waals surface area contributed by atoms with Gasteiger partial charge in [-0.05, 0) is 50.1 Å². The molecule has 1 aliphatic rings. The van der Waals surface area contributed by atoms with Gasteiger partial charge >= 0.3 is 6.92 Å². The van der Waals surface area contributed by atoms with E-state index in [0.717, 1.165) is 11.3 Å². The summed E-state index contributed by atoms with van der Waals surface area (Å²) in [6.45, 7) is 11.1. The smallest absolute Gasteiger partial charge is 0.328 e. The minimum Gasteiger partial charge on any atom is -0.426 e. The van der Waals surface area contributed by atoms with Crippen molar-refractivity contribution in [2.45, 2.75) is 46.5 Å². The van der Waals surface area contributed by atoms with Gasteiger partial charge < -0.3 is 4.65 Å². The summed E-state index contributed by atoms with van der Waals surface area (Å²) in [6, 6.07) is 6.18. The van der Waals surface area contributed by atoms with Gasteiger partial charge in [-0.25, -0.2) is 0 Å². The van der Waals surface area contributed by atoms with E-state index in [1.165, 1.54) is 11.0 Å². The Labute approximate surface area is 110 Å². The Balaban J connectivity index is 2.32. The molecule has 92 valence electrons. The van der Waals surface area contributed by atoms with Crippen molar-refractivity contribution in [1.82, 2.24) is 0 Å². The predicted molar refractivity (Wildman–Crippen MR) is 75.3 cm³/mol. The molecular formula is C14H20BClO. The summed E-state index contributed by atoms with van der Waals surface area (Å²) in [5, 5.41) is 0.797. The number of aryl methyl sites for hydroxylation is 1. The number of benzene rings is 1. The first-order chi connectivity index (χ1) is 7.71. The fourth-order valence-electron chi connectivity index (χ4n) is 2.40. The van der Waals surface area contributed by atoms with Crippen molar-refractivity contribution in [3.05, 3.63) is 28.8 Å². The molecule has 1 aromatic rings. The molecule has 1 fully saturated rings. The molecule has 0 amide bonds. The topological polar surface area (TPSA) is 9.23 Å². The zero-order valence-electron chi connectivity index (χ0n) is 11.3. The molecule has 1 nitrogen and oxygen atoms in total. The van der Waals surface area contributed by atoms with Crippen molar-refractivity contribution in [2.75, 3.05) is 0 Å². The van der Waals surface area contributed by atoms with Crippen molar-refractivity contribution < 1.29 is 4.65 Å². The lowest BCUT2D eigenvalue weighted by Gasteiger charge is -2.34. The van der Waals surface area contributed by atoms with Crippen LogP contribution in [0.25, 0.3) is 0 Å². The van der Waals surface area contributed by atoms with Crippen molar-refractivity contribution in [2.24, 2.45) is 5.41 Å². The van der Waals surface area contributed by atoms with Crippen LogP contribution < -0.4 is 5.46 Å². The van der Waals surface area contributed by atoms with Crippen LogP contribution in [0.3, 0.4) is 0 Å². The van der Waals surface area contributed by atoms with E-state index in [-0.39, 0.29) is 17.9 Å². The molecule has 0 unspecified atom stereocenters. The lowest BCUT2D eigenvalue weighted by Crippen LogP contribution is -2.36. The highest BCUT2D eigenvalue weighted by Crippen LogP contribution is 2.45. The summed E-state index contributed by atoms with van der Waals surface area (Å²) in [5.41, 5.74) is 2.49. The maximum absolute atomic E-state index is 6.20. The predicted octanol–water partition coefficient (Wildman–Crippen LogP) is 3.68. The second-order valence-corrected chi connectivity index (χ2v) is 6.70. The second-order valence-electron chi connectivity index (χ2n) is 6.27. The summed E-state index contributed by atoms with van der Waals surface area (Å²) >= 11 is 6.12. The van der Waals surface area contributed by atoms with Crippen LogP contribution >= 0.6 is 11.6 Å². The van der Waals surface area contributed by atoms with Crippen LogP contribution in [0.2, 0.25) is 11.3 Å². The molecule has 0 bridgehead atoms. The minimum absolute atomic E-state index is 0.0894. The van der Waals surface area contributed by atoms with E-state index in [1.54, 1.807) is 0 Å². The molecule has 3 heteroatoms. The first kappa shape index (κ1) is 13.0. The third kappa shape index (κ3) is 2.39. The average molecular weight is 251 g/mol. The Kier molecular flexibility index (Phi) is 3.08. The van der Waals surface area contributed by atoms with Gasteiger partial charge in [-0.2, -0.15) is 0 Å². The second kappa shape index (κ2) is 4.03. The van der Waals surface area contributed by atoms with Crippen molar-refractivity contribution in [3.63, 3.8) is 0 Å². The third-order valence-electron chi connectivity index (χ3n) is 4.20. The lowest BCUT2D eigenvalue weighted by atomic mass is 9.54. The summed E-state index contributed by atoms with van der Waals surface area (Å²) in [4.78, 5) is 0. The van der Waals surface area contributed by atoms with Gasteiger partial charge in [0.25, 0.3) is 0 Å². The standard InChI is InChI=1S/C14H20BClO/c1-10-6-11(8-12(16)7-10)15-9-13(2,3)14(4,5)17-15/h6-8H,9H2,1-5H3. The van der Waals surface area contributed by atoms with Gasteiger partial charge in [-0.15, -0.1) is 0 Å². The highest BCUT2D eigenvalue weighted by atomic mass is 35.5. The molecule has 0 aliphatic carbocycles. The lowest BCUT2D eigenvalue weighted by molar-refractivity contribution is 0.0375. The van der Waals surface area contributed by atoms with Crippen LogP contribution in [0, 0.1) is 12.3 Å². The van der Waals surface area contributed by atoms with E-state index in [4.69, 9.17) is 16.3 Å². The normalized spacial score (nSPS) is 21.9. The Morgan fingerprint density at radius 2 is 1.82 bits per heavy atom. The molecule has 1 aliphatic heterocycles. The van der Waals surface area contributed by atoms with Gasteiger partial charge in [0.1, 0.15) is 0 Å². The van der Waals surface area contributed by atoms with Crippen LogP contribution in [0.15, 0.2) is 18.2 Å². The van der Waals surface area contributed by atoms with E-state index in [1.807, 2.05) is 12.1 Å². The summed E-state index contributed by atoms with van der Waals surface area (Å²) in [5.74, 6) is 0. The molecule has 0 aromatic heterocycles. The highest BCUT2D eigenvalue weighted by molar-refractivity contribution is 6.68. The molecule has 2 rings (SSSR count). The average Bonchev–Trinajstić information content (AvgIpc) is 2.34. The van der Waals surface area contributed by atoms with Gasteiger partial charge in [-0.1, -0.05) is 37.1 Å². The van der Waals surface area contributed by atoms with E-state index in [2.05, 4.69) is 40.7 Å². The molecule has 0 spiro atoms. The zero-order valence-corrected chi connectivity index (χ0v) is 12.1. The summed E-state index contributed by atoms with van der Waals surface area (Å²) in [6.07, 6.45) is 1.04. The minimum atomic E-state index is -0.0894. The van der Waals surface area contributed by atoms with Crippen LogP contribution in [0.4, 0.5) is 0 Å². The van der Waals surface area contributed by atoms with Gasteiger partial charge in [0.05, 0.1) is 5.60 Å². The summed E-state index contributed by atoms with van der Waals surface area (Å²) < 4.78 is 6.20. The molecular weight excluding hydrogens is 230 g/mol. The van der Waals surface area contributed by atoms with Crippen LogP contribution in [-0.4, -0.2) is 12.5 Å². The van der Waals surface area contributed by atoms with Gasteiger partial charge in [-0.3, -0.25) is 0 Å². The Morgan fingerprint density at radius 3 is 2.29 bits per heavy atom. The van der Waals surface area contributed by atoms with Crippen molar-refractivity contribution in [3.8, 4) is 0 Å².